The van der Waals surface area contributed by atoms with Crippen LogP contribution in [0.5, 0.6) is 5.88 Å². The van der Waals surface area contributed by atoms with Crippen LogP contribution in [-0.4, -0.2) is 32.9 Å². The molecule has 0 aliphatic carbocycles. The largest absolute Gasteiger partial charge is 0.494 e. The Bertz CT molecular complexity index is 939. The van der Waals surface area contributed by atoms with Gasteiger partial charge in [-0.1, -0.05) is 30.4 Å². The SMILES string of the molecule is O=C1NC(=O)C(=C/C=C/C=C/C=C/c2c(O)[nH]c(=O)[nH]c2=O)C(=O)N1. The molecule has 1 fully saturated rings. The van der Waals surface area contributed by atoms with E-state index in [-0.39, 0.29) is 11.1 Å². The summed E-state index contributed by atoms with van der Waals surface area (Å²) in [5.74, 6) is -2.15. The van der Waals surface area contributed by atoms with E-state index in [1.165, 1.54) is 42.5 Å². The van der Waals surface area contributed by atoms with Gasteiger partial charge in [-0.2, -0.15) is 0 Å². The van der Waals surface area contributed by atoms with Crippen molar-refractivity contribution < 1.29 is 19.5 Å². The molecule has 0 unspecified atom stereocenters. The van der Waals surface area contributed by atoms with Gasteiger partial charge in [-0.3, -0.25) is 35.0 Å². The van der Waals surface area contributed by atoms with Gasteiger partial charge in [0.1, 0.15) is 5.57 Å². The number of carbonyl (C=O) groups is 3. The molecule has 10 nitrogen and oxygen atoms in total. The standard InChI is InChI=1S/C15H12N4O6/c20-10-8(11(21)17-14(24)16-10)6-4-2-1-3-5-7-9-12(22)18-15(25)19-13(9)23/h1-7H,(H2,16,17,20,21,24)(H3,18,19,22,23,25)/b3-1+,4-2+,7-5+. The zero-order valence-corrected chi connectivity index (χ0v) is 12.5. The monoisotopic (exact) mass is 344 g/mol. The summed E-state index contributed by atoms with van der Waals surface area (Å²) < 4.78 is 0. The molecule has 1 aliphatic rings. The average Bonchev–Trinajstić information content (AvgIpc) is 2.50. The maximum atomic E-state index is 11.5. The number of aromatic hydroxyl groups is 1. The Balaban J connectivity index is 2.01. The number of rotatable bonds is 4. The highest BCUT2D eigenvalue weighted by molar-refractivity contribution is 6.29. The average molecular weight is 344 g/mol. The van der Waals surface area contributed by atoms with E-state index in [0.29, 0.717) is 0 Å². The zero-order valence-electron chi connectivity index (χ0n) is 12.5. The minimum absolute atomic E-state index is 0.115. The Labute approximate surface area is 139 Å². The van der Waals surface area contributed by atoms with E-state index in [0.717, 1.165) is 0 Å². The summed E-state index contributed by atoms with van der Waals surface area (Å²) in [6.45, 7) is 0. The lowest BCUT2D eigenvalue weighted by molar-refractivity contribution is -0.124. The van der Waals surface area contributed by atoms with Crippen LogP contribution in [0.1, 0.15) is 5.56 Å². The molecule has 0 bridgehead atoms. The number of urea groups is 1. The molecule has 1 saturated heterocycles. The number of aromatic nitrogens is 2. The Morgan fingerprint density at radius 1 is 0.760 bits per heavy atom. The fourth-order valence-corrected chi connectivity index (χ4v) is 1.76. The maximum Gasteiger partial charge on any atom is 0.328 e. The predicted octanol–water partition coefficient (Wildman–Crippen LogP) is -0.813. The number of amides is 4. The van der Waals surface area contributed by atoms with E-state index in [2.05, 4.69) is 0 Å². The van der Waals surface area contributed by atoms with Gasteiger partial charge in [-0.05, 0) is 12.2 Å². The molecular formula is C15H12N4O6. The Morgan fingerprint density at radius 2 is 1.36 bits per heavy atom. The van der Waals surface area contributed by atoms with Gasteiger partial charge in [0.05, 0.1) is 5.56 Å². The minimum Gasteiger partial charge on any atom is -0.494 e. The first-order chi connectivity index (χ1) is 11.9. The lowest BCUT2D eigenvalue weighted by atomic mass is 10.2. The third-order valence-electron chi connectivity index (χ3n) is 2.87. The van der Waals surface area contributed by atoms with Crippen LogP contribution in [0.4, 0.5) is 4.79 Å². The number of nitrogens with one attached hydrogen (secondary N) is 4. The van der Waals surface area contributed by atoms with Crippen molar-refractivity contribution in [2.45, 2.75) is 0 Å². The highest BCUT2D eigenvalue weighted by Crippen LogP contribution is 2.06. The van der Waals surface area contributed by atoms with Crippen molar-refractivity contribution >= 4 is 23.9 Å². The summed E-state index contributed by atoms with van der Waals surface area (Å²) in [5.41, 5.74) is -1.89. The maximum absolute atomic E-state index is 11.5. The van der Waals surface area contributed by atoms with Gasteiger partial charge in [0.2, 0.25) is 5.88 Å². The van der Waals surface area contributed by atoms with Gasteiger partial charge in [0.15, 0.2) is 0 Å². The van der Waals surface area contributed by atoms with Crippen molar-refractivity contribution in [3.05, 3.63) is 68.4 Å². The van der Waals surface area contributed by atoms with E-state index >= 15 is 0 Å². The number of barbiturate groups is 1. The second-order valence-electron chi connectivity index (χ2n) is 4.62. The molecule has 128 valence electrons. The van der Waals surface area contributed by atoms with Crippen LogP contribution < -0.4 is 21.9 Å². The molecule has 10 heteroatoms. The molecule has 1 aromatic rings. The molecule has 4 amide bonds. The van der Waals surface area contributed by atoms with E-state index in [9.17, 15) is 29.1 Å². The number of carbonyl (C=O) groups excluding carboxylic acids is 3. The lowest BCUT2D eigenvalue weighted by Gasteiger charge is -2.12. The zero-order chi connectivity index (χ0) is 18.4. The Morgan fingerprint density at radius 3 is 2.00 bits per heavy atom. The number of allylic oxidation sites excluding steroid dienone is 6. The predicted molar refractivity (Wildman–Crippen MR) is 86.4 cm³/mol. The molecular weight excluding hydrogens is 332 g/mol. The van der Waals surface area contributed by atoms with Gasteiger partial charge in [-0.15, -0.1) is 0 Å². The molecule has 2 rings (SSSR count). The molecule has 2 heterocycles. The first kappa shape index (κ1) is 17.4. The number of hydrogen-bond donors (Lipinski definition) is 5. The normalized spacial score (nSPS) is 15.2. The van der Waals surface area contributed by atoms with Crippen molar-refractivity contribution in [2.24, 2.45) is 0 Å². The van der Waals surface area contributed by atoms with Crippen LogP contribution in [0, 0.1) is 0 Å². The van der Waals surface area contributed by atoms with Crippen molar-refractivity contribution in [2.75, 3.05) is 0 Å². The van der Waals surface area contributed by atoms with Crippen LogP contribution in [0.3, 0.4) is 0 Å². The number of aromatic amines is 2. The van der Waals surface area contributed by atoms with Crippen molar-refractivity contribution in [3.63, 3.8) is 0 Å². The van der Waals surface area contributed by atoms with Crippen molar-refractivity contribution in [1.82, 2.24) is 20.6 Å². The van der Waals surface area contributed by atoms with E-state index < -0.39 is 35.0 Å². The molecule has 0 aromatic carbocycles. The van der Waals surface area contributed by atoms with Gasteiger partial charge in [0.25, 0.3) is 17.4 Å². The van der Waals surface area contributed by atoms with Gasteiger partial charge >= 0.3 is 11.7 Å². The Hall–Kier alpha value is -3.95. The second-order valence-corrected chi connectivity index (χ2v) is 4.62. The summed E-state index contributed by atoms with van der Waals surface area (Å²) in [4.78, 5) is 60.1. The highest BCUT2D eigenvalue weighted by Gasteiger charge is 2.26. The molecule has 0 saturated carbocycles. The van der Waals surface area contributed by atoms with E-state index in [1.54, 1.807) is 0 Å². The quantitative estimate of drug-likeness (QED) is 0.272. The highest BCUT2D eigenvalue weighted by atomic mass is 16.3. The minimum atomic E-state index is -0.873. The molecule has 0 radical (unpaired) electrons. The van der Waals surface area contributed by atoms with Crippen LogP contribution in [0.2, 0.25) is 0 Å². The smallest absolute Gasteiger partial charge is 0.328 e. The molecule has 1 aliphatic heterocycles. The summed E-state index contributed by atoms with van der Waals surface area (Å²) in [6, 6.07) is -0.873. The molecule has 25 heavy (non-hydrogen) atoms. The van der Waals surface area contributed by atoms with Gasteiger partial charge in [0, 0.05) is 0 Å². The van der Waals surface area contributed by atoms with Crippen LogP contribution in [0.15, 0.2) is 51.6 Å². The van der Waals surface area contributed by atoms with Crippen LogP contribution in [-0.2, 0) is 9.59 Å². The summed E-state index contributed by atoms with van der Waals surface area (Å²) in [7, 11) is 0. The molecule has 0 atom stereocenters. The number of H-pyrrole nitrogens is 2. The number of hydrogen-bond acceptors (Lipinski definition) is 6. The molecule has 1 aromatic heterocycles. The van der Waals surface area contributed by atoms with Gasteiger partial charge < -0.3 is 5.11 Å². The van der Waals surface area contributed by atoms with E-state index in [4.69, 9.17) is 0 Å². The number of imide groups is 2. The second kappa shape index (κ2) is 7.55. The first-order valence-electron chi connectivity index (χ1n) is 6.82. The molecule has 0 spiro atoms. The molecule has 5 N–H and O–H groups in total. The van der Waals surface area contributed by atoms with E-state index in [1.807, 2.05) is 20.6 Å². The Kier molecular flexibility index (Phi) is 5.25. The fraction of sp³-hybridized carbons (Fsp3) is 0. The third kappa shape index (κ3) is 4.51. The van der Waals surface area contributed by atoms with Crippen molar-refractivity contribution in [3.8, 4) is 5.88 Å². The van der Waals surface area contributed by atoms with Crippen molar-refractivity contribution in [1.29, 1.82) is 0 Å². The topological polar surface area (TPSA) is 161 Å². The first-order valence-corrected chi connectivity index (χ1v) is 6.82. The summed E-state index contributed by atoms with van der Waals surface area (Å²) in [5, 5.41) is 13.3. The summed E-state index contributed by atoms with van der Waals surface area (Å²) in [6.07, 6.45) is 9.85. The van der Waals surface area contributed by atoms with Crippen LogP contribution >= 0.6 is 0 Å². The fourth-order valence-electron chi connectivity index (χ4n) is 1.76. The third-order valence-corrected chi connectivity index (χ3v) is 2.87. The van der Waals surface area contributed by atoms with Crippen LogP contribution in [0.25, 0.3) is 6.08 Å². The lowest BCUT2D eigenvalue weighted by Crippen LogP contribution is -2.51. The van der Waals surface area contributed by atoms with Gasteiger partial charge in [-0.25, -0.2) is 9.59 Å². The summed E-state index contributed by atoms with van der Waals surface area (Å²) >= 11 is 0.